The van der Waals surface area contributed by atoms with Gasteiger partial charge in [-0.15, -0.1) is 0 Å². The summed E-state index contributed by atoms with van der Waals surface area (Å²) in [6.07, 6.45) is 0. The molecule has 29 heavy (non-hydrogen) atoms. The summed E-state index contributed by atoms with van der Waals surface area (Å²) in [5.41, 5.74) is 3.93. The minimum absolute atomic E-state index is 0.173. The number of hydrogen-bond donors (Lipinski definition) is 2. The van der Waals surface area contributed by atoms with Crippen molar-refractivity contribution in [3.63, 3.8) is 0 Å². The molecule has 0 aromatic heterocycles. The third-order valence-corrected chi connectivity index (χ3v) is 5.03. The van der Waals surface area contributed by atoms with E-state index in [0.717, 1.165) is 16.8 Å². The first-order valence-electron chi connectivity index (χ1n) is 9.22. The smallest absolute Gasteiger partial charge is 0.338 e. The number of anilines is 1. The molecule has 6 nitrogen and oxygen atoms in total. The summed E-state index contributed by atoms with van der Waals surface area (Å²) >= 11 is 5.61. The molecule has 2 aromatic rings. The number of aryl methyl sites for hydroxylation is 1. The largest absolute Gasteiger partial charge is 0.478 e. The van der Waals surface area contributed by atoms with E-state index in [4.69, 9.17) is 22.1 Å². The zero-order chi connectivity index (χ0) is 21.1. The number of aromatic carboxylic acids is 1. The van der Waals surface area contributed by atoms with Crippen LogP contribution in [0.1, 0.15) is 41.4 Å². The van der Waals surface area contributed by atoms with Gasteiger partial charge in [0, 0.05) is 11.4 Å². The molecule has 0 bridgehead atoms. The number of benzene rings is 2. The molecular weight excluding hydrogens is 388 g/mol. The molecule has 1 heterocycles. The molecule has 3 rings (SSSR count). The highest BCUT2D eigenvalue weighted by molar-refractivity contribution is 7.80. The normalized spacial score (nSPS) is 16.4. The van der Waals surface area contributed by atoms with Crippen LogP contribution in [0.25, 0.3) is 0 Å². The van der Waals surface area contributed by atoms with E-state index in [0.29, 0.717) is 16.4 Å². The maximum Gasteiger partial charge on any atom is 0.338 e. The zero-order valence-electron chi connectivity index (χ0n) is 16.4. The van der Waals surface area contributed by atoms with Crippen LogP contribution in [-0.2, 0) is 9.53 Å². The number of carbonyl (C=O) groups excluding carboxylic acids is 1. The average Bonchev–Trinajstić information content (AvgIpc) is 2.67. The Hall–Kier alpha value is -3.19. The van der Waals surface area contributed by atoms with Gasteiger partial charge in [0.05, 0.1) is 23.8 Å². The van der Waals surface area contributed by atoms with Gasteiger partial charge in [-0.3, -0.25) is 4.90 Å². The van der Waals surface area contributed by atoms with Gasteiger partial charge in [-0.2, -0.15) is 0 Å². The van der Waals surface area contributed by atoms with Gasteiger partial charge in [-0.25, -0.2) is 9.59 Å². The van der Waals surface area contributed by atoms with Crippen LogP contribution < -0.4 is 10.2 Å². The fourth-order valence-corrected chi connectivity index (χ4v) is 3.72. The summed E-state index contributed by atoms with van der Waals surface area (Å²) in [5.74, 6) is -1.45. The predicted molar refractivity (Wildman–Crippen MR) is 115 cm³/mol. The topological polar surface area (TPSA) is 78.9 Å². The lowest BCUT2D eigenvalue weighted by Gasteiger charge is -2.37. The van der Waals surface area contributed by atoms with Crippen LogP contribution in [0.4, 0.5) is 5.69 Å². The maximum atomic E-state index is 12.8. The Bertz CT molecular complexity index is 998. The van der Waals surface area contributed by atoms with Gasteiger partial charge in [0.2, 0.25) is 0 Å². The van der Waals surface area contributed by atoms with Crippen molar-refractivity contribution in [2.75, 3.05) is 11.5 Å². The molecule has 1 aliphatic rings. The van der Waals surface area contributed by atoms with Crippen LogP contribution in [0.5, 0.6) is 0 Å². The molecule has 1 aliphatic heterocycles. The second kappa shape index (κ2) is 8.45. The highest BCUT2D eigenvalue weighted by atomic mass is 32.1. The molecule has 7 heteroatoms. The van der Waals surface area contributed by atoms with Crippen LogP contribution in [0.15, 0.2) is 59.8 Å². The lowest BCUT2D eigenvalue weighted by atomic mass is 9.94. The van der Waals surface area contributed by atoms with Crippen molar-refractivity contribution in [1.82, 2.24) is 5.32 Å². The molecule has 0 amide bonds. The van der Waals surface area contributed by atoms with E-state index in [-0.39, 0.29) is 12.2 Å². The predicted octanol–water partition coefficient (Wildman–Crippen LogP) is 3.97. The van der Waals surface area contributed by atoms with Crippen molar-refractivity contribution >= 4 is 35.0 Å². The number of carboxylic acids is 1. The van der Waals surface area contributed by atoms with Crippen LogP contribution >= 0.6 is 12.2 Å². The number of hydrogen-bond acceptors (Lipinski definition) is 4. The fourth-order valence-electron chi connectivity index (χ4n) is 3.36. The number of allylic oxidation sites excluding steroid dienone is 1. The second-order valence-electron chi connectivity index (χ2n) is 6.70. The van der Waals surface area contributed by atoms with Gasteiger partial charge in [-0.05, 0) is 68.4 Å². The molecule has 0 saturated carbocycles. The van der Waals surface area contributed by atoms with Crippen molar-refractivity contribution in [3.05, 3.63) is 76.5 Å². The zero-order valence-corrected chi connectivity index (χ0v) is 17.2. The number of nitrogens with zero attached hydrogens (tertiary/aromatic N) is 1. The van der Waals surface area contributed by atoms with Gasteiger partial charge in [-0.1, -0.05) is 24.3 Å². The first-order chi connectivity index (χ1) is 13.8. The van der Waals surface area contributed by atoms with E-state index in [9.17, 15) is 9.59 Å². The van der Waals surface area contributed by atoms with Crippen molar-refractivity contribution in [2.45, 2.75) is 26.8 Å². The lowest BCUT2D eigenvalue weighted by Crippen LogP contribution is -2.48. The van der Waals surface area contributed by atoms with Crippen molar-refractivity contribution in [1.29, 1.82) is 0 Å². The standard InChI is InChI=1S/C22H22N2O4S/c1-4-28-21(27)18-14(3)24(17-7-5-6-13(2)12-17)22(29)23-19(18)15-8-10-16(11-9-15)20(25)26/h5-12,19H,4H2,1-3H3,(H,23,29)(H,25,26)/t19-/m0/s1. The van der Waals surface area contributed by atoms with E-state index in [1.54, 1.807) is 19.1 Å². The lowest BCUT2D eigenvalue weighted by molar-refractivity contribution is -0.139. The summed E-state index contributed by atoms with van der Waals surface area (Å²) in [4.78, 5) is 25.8. The van der Waals surface area contributed by atoms with Crippen molar-refractivity contribution in [3.8, 4) is 0 Å². The van der Waals surface area contributed by atoms with E-state index in [1.165, 1.54) is 12.1 Å². The van der Waals surface area contributed by atoms with Gasteiger partial charge in [0.1, 0.15) is 0 Å². The Morgan fingerprint density at radius 3 is 2.45 bits per heavy atom. The first kappa shape index (κ1) is 20.5. The Morgan fingerprint density at radius 1 is 1.17 bits per heavy atom. The minimum Gasteiger partial charge on any atom is -0.478 e. The van der Waals surface area contributed by atoms with Gasteiger partial charge >= 0.3 is 11.9 Å². The number of thiocarbonyl (C=S) groups is 1. The summed E-state index contributed by atoms with van der Waals surface area (Å²) in [6.45, 7) is 5.82. The average molecular weight is 410 g/mol. The highest BCUT2D eigenvalue weighted by Crippen LogP contribution is 2.34. The number of carbonyl (C=O) groups is 2. The van der Waals surface area contributed by atoms with E-state index >= 15 is 0 Å². The molecular formula is C22H22N2O4S. The van der Waals surface area contributed by atoms with Crippen LogP contribution in [0.3, 0.4) is 0 Å². The SMILES string of the molecule is CCOC(=O)C1=C(C)N(c2cccc(C)c2)C(=S)N[C@H]1c1ccc(C(=O)O)cc1. The van der Waals surface area contributed by atoms with Crippen LogP contribution in [0, 0.1) is 6.92 Å². The minimum atomic E-state index is -1.01. The molecule has 1 atom stereocenters. The fraction of sp³-hybridized carbons (Fsp3) is 0.227. The van der Waals surface area contributed by atoms with Crippen LogP contribution in [0.2, 0.25) is 0 Å². The highest BCUT2D eigenvalue weighted by Gasteiger charge is 2.35. The van der Waals surface area contributed by atoms with Crippen molar-refractivity contribution < 1.29 is 19.4 Å². The maximum absolute atomic E-state index is 12.8. The molecule has 150 valence electrons. The molecule has 0 radical (unpaired) electrons. The molecule has 0 fully saturated rings. The number of rotatable bonds is 5. The molecule has 2 aromatic carbocycles. The molecule has 0 spiro atoms. The second-order valence-corrected chi connectivity index (χ2v) is 7.09. The number of ether oxygens (including phenoxy) is 1. The molecule has 0 saturated heterocycles. The third-order valence-electron chi connectivity index (χ3n) is 4.73. The van der Waals surface area contributed by atoms with Gasteiger partial charge < -0.3 is 15.2 Å². The Balaban J connectivity index is 2.11. The number of nitrogens with one attached hydrogen (secondary N) is 1. The summed E-state index contributed by atoms with van der Waals surface area (Å²) in [5, 5.41) is 12.8. The van der Waals surface area contributed by atoms with E-state index in [2.05, 4.69) is 5.32 Å². The summed E-state index contributed by atoms with van der Waals surface area (Å²) in [6, 6.07) is 13.7. The van der Waals surface area contributed by atoms with E-state index < -0.39 is 18.0 Å². The first-order valence-corrected chi connectivity index (χ1v) is 9.62. The van der Waals surface area contributed by atoms with Crippen molar-refractivity contribution in [2.24, 2.45) is 0 Å². The monoisotopic (exact) mass is 410 g/mol. The third kappa shape index (κ3) is 4.14. The molecule has 0 unspecified atom stereocenters. The number of carboxylic acid groups (broad SMARTS) is 1. The Labute approximate surface area is 174 Å². The summed E-state index contributed by atoms with van der Waals surface area (Å²) < 4.78 is 5.31. The quantitative estimate of drug-likeness (QED) is 0.570. The Morgan fingerprint density at radius 2 is 1.86 bits per heavy atom. The molecule has 2 N–H and O–H groups in total. The molecule has 0 aliphatic carbocycles. The van der Waals surface area contributed by atoms with Crippen LogP contribution in [-0.4, -0.2) is 28.8 Å². The van der Waals surface area contributed by atoms with Gasteiger partial charge in [0.15, 0.2) is 5.11 Å². The van der Waals surface area contributed by atoms with Gasteiger partial charge in [0.25, 0.3) is 0 Å². The van der Waals surface area contributed by atoms with E-state index in [1.807, 2.05) is 43.0 Å². The Kier molecular flexibility index (Phi) is 5.98. The number of esters is 1. The summed E-state index contributed by atoms with van der Waals surface area (Å²) in [7, 11) is 0.